The first-order valence-corrected chi connectivity index (χ1v) is 10.0. The number of rotatable bonds is 6. The molecule has 8 heteroatoms. The molecule has 2 aliphatic rings. The normalized spacial score (nSPS) is 18.5. The van der Waals surface area contributed by atoms with Crippen molar-refractivity contribution in [2.75, 3.05) is 57.8 Å². The largest absolute Gasteiger partial charge is 0.482 e. The zero-order valence-corrected chi connectivity index (χ0v) is 16.5. The molecule has 154 valence electrons. The lowest BCUT2D eigenvalue weighted by Crippen LogP contribution is -2.54. The molecule has 3 rings (SSSR count). The van der Waals surface area contributed by atoms with Gasteiger partial charge in [-0.05, 0) is 57.1 Å². The van der Waals surface area contributed by atoms with E-state index in [1.807, 2.05) is 4.90 Å². The van der Waals surface area contributed by atoms with Gasteiger partial charge in [-0.3, -0.25) is 4.90 Å². The molecule has 0 saturated carbocycles. The van der Waals surface area contributed by atoms with E-state index in [2.05, 4.69) is 15.5 Å². The molecule has 0 bridgehead atoms. The van der Waals surface area contributed by atoms with Crippen molar-refractivity contribution < 1.29 is 19.1 Å². The van der Waals surface area contributed by atoms with Gasteiger partial charge in [-0.1, -0.05) is 0 Å². The second-order valence-corrected chi connectivity index (χ2v) is 7.05. The van der Waals surface area contributed by atoms with E-state index in [1.54, 1.807) is 31.2 Å². The predicted octanol–water partition coefficient (Wildman–Crippen LogP) is 1.53. The van der Waals surface area contributed by atoms with E-state index in [0.29, 0.717) is 24.1 Å². The molecule has 8 nitrogen and oxygen atoms in total. The summed E-state index contributed by atoms with van der Waals surface area (Å²) in [5.74, 6) is 0.158. The number of carbonyl (C=O) groups excluding carboxylic acids is 2. The Hall–Kier alpha value is -2.32. The van der Waals surface area contributed by atoms with Crippen molar-refractivity contribution >= 4 is 17.7 Å². The summed E-state index contributed by atoms with van der Waals surface area (Å²) in [5.41, 5.74) is 0.703. The number of ether oxygens (including phenoxy) is 2. The van der Waals surface area contributed by atoms with E-state index in [-0.39, 0.29) is 12.6 Å². The first-order valence-electron chi connectivity index (χ1n) is 10.0. The molecule has 0 unspecified atom stereocenters. The average Bonchev–Trinajstić information content (AvgIpc) is 2.74. The van der Waals surface area contributed by atoms with Gasteiger partial charge in [0.15, 0.2) is 6.61 Å². The summed E-state index contributed by atoms with van der Waals surface area (Å²) in [6, 6.07) is 7.56. The van der Waals surface area contributed by atoms with Gasteiger partial charge in [-0.2, -0.15) is 0 Å². The van der Waals surface area contributed by atoms with Gasteiger partial charge in [0.25, 0.3) is 0 Å². The molecule has 2 saturated heterocycles. The van der Waals surface area contributed by atoms with Crippen molar-refractivity contribution in [1.82, 2.24) is 15.1 Å². The molecular weight excluding hydrogens is 360 g/mol. The van der Waals surface area contributed by atoms with Crippen LogP contribution in [0.3, 0.4) is 0 Å². The van der Waals surface area contributed by atoms with Gasteiger partial charge in [0, 0.05) is 37.9 Å². The number of nitrogens with one attached hydrogen (secondary N) is 2. The molecule has 0 atom stereocenters. The monoisotopic (exact) mass is 390 g/mol. The number of hydrogen-bond acceptors (Lipinski definition) is 6. The zero-order chi connectivity index (χ0) is 19.8. The Labute approximate surface area is 166 Å². The number of hydrogen-bond donors (Lipinski definition) is 2. The van der Waals surface area contributed by atoms with E-state index >= 15 is 0 Å². The molecule has 0 radical (unpaired) electrons. The third-order valence-corrected chi connectivity index (χ3v) is 5.19. The van der Waals surface area contributed by atoms with Crippen molar-refractivity contribution in [3.8, 4) is 5.75 Å². The van der Waals surface area contributed by atoms with Crippen LogP contribution < -0.4 is 15.4 Å². The van der Waals surface area contributed by atoms with Crippen molar-refractivity contribution in [2.24, 2.45) is 0 Å². The summed E-state index contributed by atoms with van der Waals surface area (Å²) >= 11 is 0. The summed E-state index contributed by atoms with van der Waals surface area (Å²) in [7, 11) is 0. The van der Waals surface area contributed by atoms with Crippen LogP contribution in [-0.4, -0.2) is 80.3 Å². The second kappa shape index (κ2) is 10.3. The van der Waals surface area contributed by atoms with E-state index in [0.717, 1.165) is 39.3 Å². The molecule has 2 N–H and O–H groups in total. The lowest BCUT2D eigenvalue weighted by Gasteiger charge is -2.40. The number of anilines is 1. The lowest BCUT2D eigenvalue weighted by atomic mass is 10.0. The van der Waals surface area contributed by atoms with Gasteiger partial charge in [0.1, 0.15) is 5.75 Å². The van der Waals surface area contributed by atoms with E-state index in [1.165, 1.54) is 12.8 Å². The Morgan fingerprint density at radius 2 is 1.79 bits per heavy atom. The smallest absolute Gasteiger partial charge is 0.344 e. The maximum absolute atomic E-state index is 12.5. The molecule has 0 aliphatic carbocycles. The van der Waals surface area contributed by atoms with Crippen LogP contribution >= 0.6 is 0 Å². The Morgan fingerprint density at radius 1 is 1.11 bits per heavy atom. The van der Waals surface area contributed by atoms with Gasteiger partial charge in [0.2, 0.25) is 0 Å². The van der Waals surface area contributed by atoms with Crippen LogP contribution in [0.2, 0.25) is 0 Å². The SMILES string of the molecule is CCOC(=O)COc1ccc(NC(=O)N2CCN(C3CCNCC3)CC2)cc1. The summed E-state index contributed by atoms with van der Waals surface area (Å²) in [5, 5.41) is 6.33. The van der Waals surface area contributed by atoms with Crippen LogP contribution in [-0.2, 0) is 9.53 Å². The van der Waals surface area contributed by atoms with E-state index < -0.39 is 5.97 Å². The third-order valence-electron chi connectivity index (χ3n) is 5.19. The summed E-state index contributed by atoms with van der Waals surface area (Å²) in [6.07, 6.45) is 2.38. The van der Waals surface area contributed by atoms with Crippen molar-refractivity contribution in [3.05, 3.63) is 24.3 Å². The van der Waals surface area contributed by atoms with Crippen LogP contribution in [0.1, 0.15) is 19.8 Å². The topological polar surface area (TPSA) is 83.1 Å². The Balaban J connectivity index is 1.41. The minimum absolute atomic E-state index is 0.0786. The van der Waals surface area contributed by atoms with Crippen LogP contribution in [0, 0.1) is 0 Å². The number of urea groups is 1. The molecule has 1 aromatic carbocycles. The molecule has 2 heterocycles. The summed E-state index contributed by atoms with van der Waals surface area (Å²) < 4.78 is 10.2. The molecule has 28 heavy (non-hydrogen) atoms. The van der Waals surface area contributed by atoms with Crippen molar-refractivity contribution in [1.29, 1.82) is 0 Å². The van der Waals surface area contributed by atoms with Crippen molar-refractivity contribution in [2.45, 2.75) is 25.8 Å². The molecule has 2 amide bonds. The first-order chi connectivity index (χ1) is 13.7. The summed E-state index contributed by atoms with van der Waals surface area (Å²) in [4.78, 5) is 28.2. The highest BCUT2D eigenvalue weighted by atomic mass is 16.6. The highest BCUT2D eigenvalue weighted by Crippen LogP contribution is 2.18. The molecule has 0 aromatic heterocycles. The lowest BCUT2D eigenvalue weighted by molar-refractivity contribution is -0.145. The van der Waals surface area contributed by atoms with Gasteiger partial charge < -0.3 is 25.0 Å². The molecule has 2 fully saturated rings. The summed E-state index contributed by atoms with van der Waals surface area (Å²) in [6.45, 7) is 7.49. The van der Waals surface area contributed by atoms with E-state index in [9.17, 15) is 9.59 Å². The quantitative estimate of drug-likeness (QED) is 0.717. The van der Waals surface area contributed by atoms with Crippen molar-refractivity contribution in [3.63, 3.8) is 0 Å². The number of amides is 2. The minimum atomic E-state index is -0.400. The fourth-order valence-corrected chi connectivity index (χ4v) is 3.64. The minimum Gasteiger partial charge on any atom is -0.482 e. The number of carbonyl (C=O) groups is 2. The van der Waals surface area contributed by atoms with Gasteiger partial charge in [0.05, 0.1) is 6.61 Å². The average molecular weight is 390 g/mol. The molecular formula is C20H30N4O4. The first kappa shape index (κ1) is 20.4. The van der Waals surface area contributed by atoms with Crippen LogP contribution in [0.15, 0.2) is 24.3 Å². The molecule has 0 spiro atoms. The van der Waals surface area contributed by atoms with E-state index in [4.69, 9.17) is 9.47 Å². The Kier molecular flexibility index (Phi) is 7.50. The Morgan fingerprint density at radius 3 is 2.43 bits per heavy atom. The zero-order valence-electron chi connectivity index (χ0n) is 16.5. The van der Waals surface area contributed by atoms with Gasteiger partial charge in [-0.15, -0.1) is 0 Å². The number of esters is 1. The van der Waals surface area contributed by atoms with Crippen LogP contribution in [0.25, 0.3) is 0 Å². The maximum Gasteiger partial charge on any atom is 0.344 e. The fourth-order valence-electron chi connectivity index (χ4n) is 3.64. The Bertz CT molecular complexity index is 638. The van der Waals surface area contributed by atoms with Gasteiger partial charge >= 0.3 is 12.0 Å². The number of piperazine rings is 1. The van der Waals surface area contributed by atoms with Gasteiger partial charge in [-0.25, -0.2) is 9.59 Å². The van der Waals surface area contributed by atoms with Crippen LogP contribution in [0.5, 0.6) is 5.75 Å². The fraction of sp³-hybridized carbons (Fsp3) is 0.600. The number of benzene rings is 1. The standard InChI is InChI=1S/C20H30N4O4/c1-2-27-19(25)15-28-18-5-3-16(4-6-18)22-20(26)24-13-11-23(12-14-24)17-7-9-21-10-8-17/h3-6,17,21H,2,7-15H2,1H3,(H,22,26). The molecule has 2 aliphatic heterocycles. The maximum atomic E-state index is 12.5. The number of nitrogens with zero attached hydrogens (tertiary/aromatic N) is 2. The number of piperidine rings is 1. The highest BCUT2D eigenvalue weighted by molar-refractivity contribution is 5.89. The molecule has 1 aromatic rings. The third kappa shape index (κ3) is 5.84. The highest BCUT2D eigenvalue weighted by Gasteiger charge is 2.26. The second-order valence-electron chi connectivity index (χ2n) is 7.05. The predicted molar refractivity (Wildman–Crippen MR) is 107 cm³/mol. The van der Waals surface area contributed by atoms with Crippen LogP contribution in [0.4, 0.5) is 10.5 Å².